The van der Waals surface area contributed by atoms with E-state index < -0.39 is 17.7 Å². The number of hydrogen-bond acceptors (Lipinski definition) is 4. The largest absolute Gasteiger partial charge is 0.383 e. The van der Waals surface area contributed by atoms with Crippen LogP contribution in [0, 0.1) is 18.6 Å². The number of nitrogens with one attached hydrogen (secondary N) is 2. The van der Waals surface area contributed by atoms with Gasteiger partial charge < -0.3 is 10.1 Å². The van der Waals surface area contributed by atoms with Crippen LogP contribution in [0.1, 0.15) is 17.0 Å². The fourth-order valence-electron chi connectivity index (χ4n) is 5.14. The Labute approximate surface area is 226 Å². The first-order valence-corrected chi connectivity index (χ1v) is 12.9. The first-order valence-electron chi connectivity index (χ1n) is 12.9. The summed E-state index contributed by atoms with van der Waals surface area (Å²) in [5.74, 6) is -1.03. The summed E-state index contributed by atoms with van der Waals surface area (Å²) in [4.78, 5) is 15.5. The van der Waals surface area contributed by atoms with E-state index in [1.54, 1.807) is 11.8 Å². The van der Waals surface area contributed by atoms with E-state index in [-0.39, 0.29) is 12.0 Å². The average molecular weight is 532 g/mol. The highest BCUT2D eigenvalue weighted by atomic mass is 19.1. The number of likely N-dealkylation sites (tertiary alicyclic amines) is 1. The predicted molar refractivity (Wildman–Crippen MR) is 147 cm³/mol. The molecule has 3 aromatic carbocycles. The van der Waals surface area contributed by atoms with Crippen LogP contribution in [0.4, 0.5) is 19.4 Å². The Hall–Kier alpha value is -4.08. The average Bonchev–Trinajstić information content (AvgIpc) is 3.48. The van der Waals surface area contributed by atoms with Gasteiger partial charge in [0.1, 0.15) is 17.5 Å². The minimum absolute atomic E-state index is 0.294. The lowest BCUT2D eigenvalue weighted by Crippen LogP contribution is -2.42. The van der Waals surface area contributed by atoms with E-state index in [0.717, 1.165) is 28.6 Å². The van der Waals surface area contributed by atoms with Crippen molar-refractivity contribution in [1.29, 1.82) is 0 Å². The van der Waals surface area contributed by atoms with Crippen molar-refractivity contribution >= 4 is 11.8 Å². The van der Waals surface area contributed by atoms with Gasteiger partial charge in [0, 0.05) is 49.9 Å². The number of carbonyl (C=O) groups excluding carboxylic acids is 1. The molecular weight excluding hydrogens is 500 g/mol. The highest BCUT2D eigenvalue weighted by molar-refractivity contribution is 5.91. The Balaban J connectivity index is 1.42. The number of halogens is 2. The Morgan fingerprint density at radius 3 is 2.33 bits per heavy atom. The van der Waals surface area contributed by atoms with Gasteiger partial charge >= 0.3 is 6.03 Å². The third-order valence-corrected chi connectivity index (χ3v) is 7.04. The molecule has 202 valence electrons. The van der Waals surface area contributed by atoms with Crippen molar-refractivity contribution in [3.63, 3.8) is 0 Å². The summed E-state index contributed by atoms with van der Waals surface area (Å²) < 4.78 is 35.1. The lowest BCUT2D eigenvalue weighted by Gasteiger charge is -2.21. The number of hydrogen-bond donors (Lipinski definition) is 2. The lowest BCUT2D eigenvalue weighted by atomic mass is 9.94. The molecule has 2 atom stereocenters. The first kappa shape index (κ1) is 26.5. The van der Waals surface area contributed by atoms with Gasteiger partial charge in [0.05, 0.1) is 24.0 Å². The van der Waals surface area contributed by atoms with Gasteiger partial charge in [0.2, 0.25) is 0 Å². The van der Waals surface area contributed by atoms with Gasteiger partial charge in [0.15, 0.2) is 0 Å². The Morgan fingerprint density at radius 1 is 1.00 bits per heavy atom. The number of anilines is 1. The molecule has 1 aliphatic rings. The first-order chi connectivity index (χ1) is 18.9. The zero-order chi connectivity index (χ0) is 27.4. The van der Waals surface area contributed by atoms with Crippen LogP contribution in [0.5, 0.6) is 0 Å². The summed E-state index contributed by atoms with van der Waals surface area (Å²) in [5.41, 5.74) is 3.82. The molecule has 2 unspecified atom stereocenters. The van der Waals surface area contributed by atoms with E-state index in [0.29, 0.717) is 37.6 Å². The molecule has 1 fully saturated rings. The van der Waals surface area contributed by atoms with Gasteiger partial charge in [-0.15, -0.1) is 0 Å². The van der Waals surface area contributed by atoms with Crippen LogP contribution in [0.25, 0.3) is 16.9 Å². The van der Waals surface area contributed by atoms with Crippen LogP contribution in [0.15, 0.2) is 78.9 Å². The fraction of sp³-hybridized carbons (Fsp3) is 0.267. The molecule has 1 aromatic heterocycles. The molecule has 0 aliphatic carbocycles. The molecule has 5 rings (SSSR count). The minimum Gasteiger partial charge on any atom is -0.383 e. The molecule has 2 heterocycles. The third kappa shape index (κ3) is 6.00. The number of nitrogens with zero attached hydrogens (tertiary/aromatic N) is 3. The number of aromatic nitrogens is 2. The number of ether oxygens (including phenoxy) is 1. The molecule has 0 bridgehead atoms. The van der Waals surface area contributed by atoms with Crippen molar-refractivity contribution in [3.05, 3.63) is 102 Å². The van der Waals surface area contributed by atoms with E-state index in [1.807, 2.05) is 67.6 Å². The van der Waals surface area contributed by atoms with Crippen LogP contribution in [0.2, 0.25) is 0 Å². The van der Waals surface area contributed by atoms with Crippen molar-refractivity contribution in [3.8, 4) is 16.9 Å². The Morgan fingerprint density at radius 2 is 1.67 bits per heavy atom. The number of benzene rings is 3. The number of carbonyl (C=O) groups is 1. The zero-order valence-corrected chi connectivity index (χ0v) is 21.9. The van der Waals surface area contributed by atoms with Crippen LogP contribution in [0.3, 0.4) is 0 Å². The molecule has 9 heteroatoms. The van der Waals surface area contributed by atoms with E-state index in [9.17, 15) is 13.6 Å². The van der Waals surface area contributed by atoms with Gasteiger partial charge in [0.25, 0.3) is 0 Å². The zero-order valence-electron chi connectivity index (χ0n) is 21.9. The molecule has 2 N–H and O–H groups in total. The highest BCUT2D eigenvalue weighted by Gasteiger charge is 2.35. The number of urea groups is 1. The summed E-state index contributed by atoms with van der Waals surface area (Å²) in [5, 5.41) is 10.9. The molecular formula is C30H31F2N5O2. The maximum absolute atomic E-state index is 14.1. The summed E-state index contributed by atoms with van der Waals surface area (Å²) in [7, 11) is 1.63. The second-order valence-electron chi connectivity index (χ2n) is 9.70. The summed E-state index contributed by atoms with van der Waals surface area (Å²) in [6.45, 7) is 4.14. The highest BCUT2D eigenvalue weighted by Crippen LogP contribution is 2.32. The minimum atomic E-state index is -0.639. The Kier molecular flexibility index (Phi) is 7.99. The molecule has 0 spiro atoms. The molecule has 1 aliphatic heterocycles. The van der Waals surface area contributed by atoms with E-state index in [4.69, 9.17) is 9.84 Å². The van der Waals surface area contributed by atoms with Crippen LogP contribution >= 0.6 is 0 Å². The smallest absolute Gasteiger partial charge is 0.320 e. The van der Waals surface area contributed by atoms with Crippen molar-refractivity contribution in [2.45, 2.75) is 18.9 Å². The van der Waals surface area contributed by atoms with Gasteiger partial charge in [-0.1, -0.05) is 48.5 Å². The number of para-hydroxylation sites is 1. The predicted octanol–water partition coefficient (Wildman–Crippen LogP) is 5.36. The van der Waals surface area contributed by atoms with Crippen LogP contribution in [-0.2, 0) is 4.74 Å². The van der Waals surface area contributed by atoms with Crippen molar-refractivity contribution in [2.75, 3.05) is 38.7 Å². The number of rotatable bonds is 8. The Bertz CT molecular complexity index is 1410. The SMILES string of the molecule is COCCN1CC(NC(=O)Nc2c(C)c(-c3ccccc3)nn2-c2ccccc2)C(c2cc(F)cc(F)c2)C1. The molecule has 1 saturated heterocycles. The van der Waals surface area contributed by atoms with Crippen LogP contribution in [-0.4, -0.2) is 60.1 Å². The molecule has 39 heavy (non-hydrogen) atoms. The third-order valence-electron chi connectivity index (χ3n) is 7.04. The molecule has 0 radical (unpaired) electrons. The maximum atomic E-state index is 14.1. The van der Waals surface area contributed by atoms with Gasteiger partial charge in [-0.25, -0.2) is 18.3 Å². The van der Waals surface area contributed by atoms with E-state index >= 15 is 0 Å². The van der Waals surface area contributed by atoms with Crippen LogP contribution < -0.4 is 10.6 Å². The second-order valence-corrected chi connectivity index (χ2v) is 9.70. The number of amides is 2. The normalized spacial score (nSPS) is 17.3. The molecule has 2 amide bonds. The van der Waals surface area contributed by atoms with E-state index in [1.165, 1.54) is 12.1 Å². The maximum Gasteiger partial charge on any atom is 0.320 e. The lowest BCUT2D eigenvalue weighted by molar-refractivity contribution is 0.159. The van der Waals surface area contributed by atoms with Gasteiger partial charge in [-0.3, -0.25) is 10.2 Å². The van der Waals surface area contributed by atoms with Crippen molar-refractivity contribution in [2.24, 2.45) is 0 Å². The molecule has 0 saturated carbocycles. The topological polar surface area (TPSA) is 71.4 Å². The summed E-state index contributed by atoms with van der Waals surface area (Å²) in [6, 6.07) is 22.1. The monoisotopic (exact) mass is 531 g/mol. The summed E-state index contributed by atoms with van der Waals surface area (Å²) >= 11 is 0. The number of methoxy groups -OCH3 is 1. The van der Waals surface area contributed by atoms with E-state index in [2.05, 4.69) is 15.5 Å². The quantitative estimate of drug-likeness (QED) is 0.321. The van der Waals surface area contributed by atoms with Gasteiger partial charge in [-0.05, 0) is 36.8 Å². The molecule has 4 aromatic rings. The second kappa shape index (κ2) is 11.8. The summed E-state index contributed by atoms with van der Waals surface area (Å²) in [6.07, 6.45) is 0. The fourth-order valence-corrected chi connectivity index (χ4v) is 5.14. The van der Waals surface area contributed by atoms with Crippen molar-refractivity contribution < 1.29 is 18.3 Å². The van der Waals surface area contributed by atoms with Crippen molar-refractivity contribution in [1.82, 2.24) is 20.0 Å². The standard InChI is InChI=1S/C30H31F2N5O2/c1-20-28(21-9-5-3-6-10-21)35-37(25-11-7-4-8-12-25)29(20)34-30(38)33-27-19-36(13-14-39-2)18-26(27)22-15-23(31)17-24(32)16-22/h3-12,15-17,26-27H,13-14,18-19H2,1-2H3,(H2,33,34,38). The van der Waals surface area contributed by atoms with Gasteiger partial charge in [-0.2, -0.15) is 5.10 Å². The molecule has 7 nitrogen and oxygen atoms in total.